The van der Waals surface area contributed by atoms with Crippen LogP contribution in [-0.2, 0) is 14.3 Å². The van der Waals surface area contributed by atoms with Gasteiger partial charge in [0.1, 0.15) is 17.8 Å². The lowest BCUT2D eigenvalue weighted by Crippen LogP contribution is -2.34. The average Bonchev–Trinajstić information content (AvgIpc) is 3.01. The van der Waals surface area contributed by atoms with Crippen LogP contribution in [0.15, 0.2) is 23.4 Å². The number of Topliss-reactive ketones (excluding diaryl/α,β-unsaturated/α-hetero) is 1. The molecule has 2 aromatic rings. The number of aromatic amines is 1. The fourth-order valence-corrected chi connectivity index (χ4v) is 3.45. The molecular weight excluding hydrogens is 328 g/mol. The summed E-state index contributed by atoms with van der Waals surface area (Å²) in [6, 6.07) is 5.57. The highest BCUT2D eigenvalue weighted by molar-refractivity contribution is 7.99. The van der Waals surface area contributed by atoms with E-state index in [9.17, 15) is 9.59 Å². The van der Waals surface area contributed by atoms with Gasteiger partial charge in [-0.25, -0.2) is 4.98 Å². The number of nitrogens with zero attached hydrogens (tertiary/aromatic N) is 1. The Morgan fingerprint density at radius 2 is 2.12 bits per heavy atom. The second-order valence-electron chi connectivity index (χ2n) is 5.66. The number of imidazole rings is 1. The third kappa shape index (κ3) is 4.15. The van der Waals surface area contributed by atoms with Crippen molar-refractivity contribution in [3.8, 4) is 5.75 Å². The van der Waals surface area contributed by atoms with Crippen LogP contribution in [0, 0.1) is 11.8 Å². The number of benzene rings is 1. The van der Waals surface area contributed by atoms with Gasteiger partial charge in [-0.3, -0.25) is 4.79 Å². The molecule has 0 aliphatic heterocycles. The van der Waals surface area contributed by atoms with Crippen molar-refractivity contribution in [2.45, 2.75) is 25.1 Å². The number of hydrogen-bond donors (Lipinski definition) is 1. The Labute approximate surface area is 145 Å². The minimum absolute atomic E-state index is 0.0265. The topological polar surface area (TPSA) is 81.3 Å². The molecule has 3 unspecified atom stereocenters. The Bertz CT molecular complexity index is 716. The SMILES string of the molecule is COc1ccc2nc(SCC(=O)C(C)C(OC)C(C)C=O)[nH]c2c1. The molecule has 1 aromatic carbocycles. The number of carbonyl (C=O) groups excluding carboxylic acids is 2. The van der Waals surface area contributed by atoms with Crippen LogP contribution < -0.4 is 4.74 Å². The maximum atomic E-state index is 12.4. The van der Waals surface area contributed by atoms with Crippen LogP contribution in [0.25, 0.3) is 11.0 Å². The number of ether oxygens (including phenoxy) is 2. The molecule has 0 fully saturated rings. The van der Waals surface area contributed by atoms with Gasteiger partial charge in [0.05, 0.1) is 30.0 Å². The molecule has 0 amide bonds. The molecule has 0 aliphatic rings. The second kappa shape index (κ2) is 8.30. The number of ketones is 1. The summed E-state index contributed by atoms with van der Waals surface area (Å²) in [5.41, 5.74) is 1.69. The Balaban J connectivity index is 2.01. The summed E-state index contributed by atoms with van der Waals surface area (Å²) in [6.45, 7) is 3.55. The molecule has 0 bridgehead atoms. The molecule has 1 heterocycles. The van der Waals surface area contributed by atoms with Gasteiger partial charge in [-0.15, -0.1) is 0 Å². The largest absolute Gasteiger partial charge is 0.497 e. The summed E-state index contributed by atoms with van der Waals surface area (Å²) in [6.07, 6.45) is 0.410. The summed E-state index contributed by atoms with van der Waals surface area (Å²) in [5.74, 6) is 0.366. The van der Waals surface area contributed by atoms with Crippen molar-refractivity contribution in [2.75, 3.05) is 20.0 Å². The van der Waals surface area contributed by atoms with Gasteiger partial charge in [-0.05, 0) is 12.1 Å². The van der Waals surface area contributed by atoms with E-state index in [1.807, 2.05) is 18.2 Å². The number of methoxy groups -OCH3 is 2. The smallest absolute Gasteiger partial charge is 0.166 e. The molecule has 0 saturated carbocycles. The highest BCUT2D eigenvalue weighted by atomic mass is 32.2. The van der Waals surface area contributed by atoms with E-state index in [1.165, 1.54) is 18.9 Å². The highest BCUT2D eigenvalue weighted by Gasteiger charge is 2.28. The molecule has 7 heteroatoms. The van der Waals surface area contributed by atoms with E-state index in [-0.39, 0.29) is 23.4 Å². The summed E-state index contributed by atoms with van der Waals surface area (Å²) >= 11 is 1.34. The lowest BCUT2D eigenvalue weighted by atomic mass is 9.91. The molecule has 1 N–H and O–H groups in total. The maximum absolute atomic E-state index is 12.4. The van der Waals surface area contributed by atoms with Gasteiger partial charge in [-0.1, -0.05) is 25.6 Å². The van der Waals surface area contributed by atoms with E-state index >= 15 is 0 Å². The van der Waals surface area contributed by atoms with Crippen LogP contribution in [0.1, 0.15) is 13.8 Å². The van der Waals surface area contributed by atoms with E-state index in [2.05, 4.69) is 9.97 Å². The molecule has 130 valence electrons. The monoisotopic (exact) mass is 350 g/mol. The van der Waals surface area contributed by atoms with Gasteiger partial charge in [0.2, 0.25) is 0 Å². The minimum Gasteiger partial charge on any atom is -0.497 e. The zero-order chi connectivity index (χ0) is 17.7. The van der Waals surface area contributed by atoms with E-state index in [0.717, 1.165) is 23.1 Å². The van der Waals surface area contributed by atoms with Crippen molar-refractivity contribution in [3.63, 3.8) is 0 Å². The number of fused-ring (bicyclic) bond motifs is 1. The predicted molar refractivity (Wildman–Crippen MR) is 93.6 cm³/mol. The molecule has 1 aromatic heterocycles. The number of hydrogen-bond acceptors (Lipinski definition) is 6. The standard InChI is InChI=1S/C17H22N2O4S/c1-10(8-20)16(23-4)11(2)15(21)9-24-17-18-13-6-5-12(22-3)7-14(13)19-17/h5-8,10-11,16H,9H2,1-4H3,(H,18,19). The first-order valence-electron chi connectivity index (χ1n) is 7.67. The predicted octanol–water partition coefficient (Wildman–Crippen LogP) is 2.72. The van der Waals surface area contributed by atoms with Crippen molar-refractivity contribution < 1.29 is 19.1 Å². The Kier molecular flexibility index (Phi) is 6.39. The second-order valence-corrected chi connectivity index (χ2v) is 6.63. The van der Waals surface area contributed by atoms with Crippen LogP contribution in [0.5, 0.6) is 5.75 Å². The number of aldehydes is 1. The van der Waals surface area contributed by atoms with Gasteiger partial charge in [0.25, 0.3) is 0 Å². The summed E-state index contributed by atoms with van der Waals surface area (Å²) in [4.78, 5) is 30.9. The lowest BCUT2D eigenvalue weighted by molar-refractivity contribution is -0.127. The fourth-order valence-electron chi connectivity index (χ4n) is 2.57. The Hall–Kier alpha value is -1.86. The van der Waals surface area contributed by atoms with Gasteiger partial charge in [-0.2, -0.15) is 0 Å². The molecule has 0 spiro atoms. The summed E-state index contributed by atoms with van der Waals surface area (Å²) in [7, 11) is 3.13. The van der Waals surface area contributed by atoms with Crippen molar-refractivity contribution in [1.82, 2.24) is 9.97 Å². The zero-order valence-corrected chi connectivity index (χ0v) is 15.1. The van der Waals surface area contributed by atoms with Crippen LogP contribution in [-0.4, -0.2) is 48.1 Å². The third-order valence-corrected chi connectivity index (χ3v) is 4.92. The molecule has 0 aliphatic carbocycles. The van der Waals surface area contributed by atoms with E-state index in [4.69, 9.17) is 9.47 Å². The van der Waals surface area contributed by atoms with Crippen LogP contribution >= 0.6 is 11.8 Å². The fraction of sp³-hybridized carbons (Fsp3) is 0.471. The van der Waals surface area contributed by atoms with E-state index < -0.39 is 6.10 Å². The quantitative estimate of drug-likeness (QED) is 0.553. The van der Waals surface area contributed by atoms with Crippen molar-refractivity contribution in [1.29, 1.82) is 0 Å². The van der Waals surface area contributed by atoms with Crippen molar-refractivity contribution in [3.05, 3.63) is 18.2 Å². The highest BCUT2D eigenvalue weighted by Crippen LogP contribution is 2.25. The molecule has 3 atom stereocenters. The summed E-state index contributed by atoms with van der Waals surface area (Å²) in [5, 5.41) is 0.677. The number of H-pyrrole nitrogens is 1. The van der Waals surface area contributed by atoms with Crippen molar-refractivity contribution in [2.24, 2.45) is 11.8 Å². The normalized spacial score (nSPS) is 15.0. The summed E-state index contributed by atoms with van der Waals surface area (Å²) < 4.78 is 10.5. The molecular formula is C17H22N2O4S. The number of aromatic nitrogens is 2. The van der Waals surface area contributed by atoms with Gasteiger partial charge in [0, 0.05) is 25.0 Å². The van der Waals surface area contributed by atoms with Crippen LogP contribution in [0.3, 0.4) is 0 Å². The van der Waals surface area contributed by atoms with Gasteiger partial charge in [0.15, 0.2) is 5.16 Å². The molecule has 0 saturated heterocycles. The third-order valence-electron chi connectivity index (χ3n) is 4.02. The lowest BCUT2D eigenvalue weighted by Gasteiger charge is -2.23. The van der Waals surface area contributed by atoms with E-state index in [1.54, 1.807) is 21.0 Å². The Morgan fingerprint density at radius 3 is 2.75 bits per heavy atom. The number of nitrogens with one attached hydrogen (secondary N) is 1. The van der Waals surface area contributed by atoms with Gasteiger partial charge >= 0.3 is 0 Å². The molecule has 6 nitrogen and oxygen atoms in total. The minimum atomic E-state index is -0.407. The van der Waals surface area contributed by atoms with Crippen molar-refractivity contribution >= 4 is 34.9 Å². The first-order valence-corrected chi connectivity index (χ1v) is 8.66. The molecule has 0 radical (unpaired) electrons. The average molecular weight is 350 g/mol. The van der Waals surface area contributed by atoms with Crippen LogP contribution in [0.2, 0.25) is 0 Å². The van der Waals surface area contributed by atoms with Gasteiger partial charge < -0.3 is 19.3 Å². The van der Waals surface area contributed by atoms with Crippen LogP contribution in [0.4, 0.5) is 0 Å². The number of carbonyl (C=O) groups is 2. The molecule has 2 rings (SSSR count). The number of rotatable bonds is 9. The Morgan fingerprint density at radius 1 is 1.38 bits per heavy atom. The first kappa shape index (κ1) is 18.5. The maximum Gasteiger partial charge on any atom is 0.166 e. The zero-order valence-electron chi connectivity index (χ0n) is 14.2. The first-order chi connectivity index (χ1) is 11.5. The molecule has 24 heavy (non-hydrogen) atoms. The number of thioether (sulfide) groups is 1. The van der Waals surface area contributed by atoms with E-state index in [0.29, 0.717) is 5.16 Å².